The molecule has 0 aromatic carbocycles. The third kappa shape index (κ3) is 77.4. The monoisotopic (exact) mass is 1530 g/mol. The number of hydrogen-bond donors (Lipinski definition) is 3. The van der Waals surface area contributed by atoms with Gasteiger partial charge in [0.2, 0.25) is 0 Å². The summed E-state index contributed by atoms with van der Waals surface area (Å²) >= 11 is 0. The summed E-state index contributed by atoms with van der Waals surface area (Å²) < 4.78 is 68.6. The molecule has 0 heterocycles. The molecule has 0 rings (SSSR count). The molecule has 0 aliphatic heterocycles. The number of unbranched alkanes of at least 4 members (excludes halogenated alkanes) is 29. The van der Waals surface area contributed by atoms with E-state index >= 15 is 0 Å². The van der Waals surface area contributed by atoms with Crippen LogP contribution in [0, 0.1) is 0 Å². The van der Waals surface area contributed by atoms with Gasteiger partial charge in [-0.15, -0.1) is 0 Å². The average Bonchev–Trinajstić information content (AvgIpc) is 0.903. The fraction of sp³-hybridized carbons (Fsp3) is 0.701. The topological polar surface area (TPSA) is 237 Å². The number of aliphatic hydroxyl groups excluding tert-OH is 1. The van der Waals surface area contributed by atoms with Gasteiger partial charge in [0, 0.05) is 25.7 Å². The minimum atomic E-state index is -5.01. The van der Waals surface area contributed by atoms with Crippen LogP contribution < -0.4 is 0 Å². The smallest absolute Gasteiger partial charge is 0.462 e. The van der Waals surface area contributed by atoms with Gasteiger partial charge >= 0.3 is 39.5 Å². The van der Waals surface area contributed by atoms with Crippen LogP contribution in [0.25, 0.3) is 0 Å². The van der Waals surface area contributed by atoms with Crippen LogP contribution in [0.1, 0.15) is 336 Å². The Morgan fingerprint density at radius 3 is 0.849 bits per heavy atom. The van der Waals surface area contributed by atoms with Crippen LogP contribution in [0.3, 0.4) is 0 Å². The second kappa shape index (κ2) is 78.3. The Labute approximate surface area is 644 Å². The van der Waals surface area contributed by atoms with E-state index in [1.54, 1.807) is 0 Å². The van der Waals surface area contributed by atoms with Gasteiger partial charge in [-0.25, -0.2) is 9.13 Å². The zero-order valence-electron chi connectivity index (χ0n) is 66.6. The van der Waals surface area contributed by atoms with Gasteiger partial charge in [0.05, 0.1) is 26.4 Å². The standard InChI is InChI=1S/C87H148O17P2/c1-5-9-13-17-21-25-29-33-36-38-40-42-45-49-52-56-60-64-68-72-85(90)98-78-83(104-87(92)74-70-66-62-58-54-50-46-43-41-39-37-34-30-26-22-18-14-10-6-2)80-102-106(95,96)100-76-81(88)75-99-105(93,94)101-79-82(103-86(91)73-69-65-61-57-53-47-32-28-24-20-16-12-8-4)77-97-84(89)71-67-63-59-55-51-48-44-35-31-27-23-19-15-11-7-3/h9,13,21-22,25-26,33-37,40-44,49-50,52,54,62,66,81-83,88H,5-8,10-12,14-20,23-24,27-32,38-39,45-48,51,53,55-61,63-65,67-80H2,1-4H3,(H,93,94)(H,95,96)/b13-9-,25-21-,26-22-,36-33-,37-34-,42-40-,43-41-,44-35-,52-49-,54-50-,66-62-/t81-,82+,83+/m0/s1. The van der Waals surface area contributed by atoms with Crippen molar-refractivity contribution in [2.24, 2.45) is 0 Å². The van der Waals surface area contributed by atoms with E-state index in [1.165, 1.54) is 109 Å². The molecule has 0 aromatic heterocycles. The number of rotatable bonds is 77. The predicted octanol–water partition coefficient (Wildman–Crippen LogP) is 24.4. The van der Waals surface area contributed by atoms with Gasteiger partial charge in [0.1, 0.15) is 19.3 Å². The lowest BCUT2D eigenvalue weighted by Crippen LogP contribution is -2.30. The summed E-state index contributed by atoms with van der Waals surface area (Å²) in [6.45, 7) is 4.63. The molecule has 0 radical (unpaired) electrons. The maximum absolute atomic E-state index is 13.1. The quantitative estimate of drug-likeness (QED) is 0.0169. The fourth-order valence-electron chi connectivity index (χ4n) is 10.8. The number of hydrogen-bond acceptors (Lipinski definition) is 15. The van der Waals surface area contributed by atoms with Crippen molar-refractivity contribution in [2.75, 3.05) is 39.6 Å². The molecular formula is C87H148O17P2. The number of aliphatic hydroxyl groups is 1. The van der Waals surface area contributed by atoms with Crippen molar-refractivity contribution in [3.63, 3.8) is 0 Å². The van der Waals surface area contributed by atoms with Gasteiger partial charge in [-0.05, 0) is 135 Å². The third-order valence-corrected chi connectivity index (χ3v) is 19.0. The van der Waals surface area contributed by atoms with Gasteiger partial charge in [-0.3, -0.25) is 37.3 Å². The maximum atomic E-state index is 13.1. The summed E-state index contributed by atoms with van der Waals surface area (Å²) in [5.41, 5.74) is 0. The molecule has 0 spiro atoms. The van der Waals surface area contributed by atoms with Crippen LogP contribution in [0.4, 0.5) is 0 Å². The Balaban J connectivity index is 5.47. The highest BCUT2D eigenvalue weighted by Crippen LogP contribution is 2.45. The zero-order valence-corrected chi connectivity index (χ0v) is 68.4. The first-order chi connectivity index (χ1) is 51.7. The summed E-state index contributed by atoms with van der Waals surface area (Å²) in [4.78, 5) is 73.1. The summed E-state index contributed by atoms with van der Waals surface area (Å²) in [6, 6.07) is 0. The van der Waals surface area contributed by atoms with Crippen LogP contribution in [0.2, 0.25) is 0 Å². The SMILES string of the molecule is CC/C=C\C/C=C\C/C=C\C/C=C\C/C=C\CCCCCC(=O)OC[C@H](COP(=O)(O)OC[C@@H](O)COP(=O)(O)OC[C@@H](COC(=O)CCCCCCC/C=C\CCCCCCCC)OC(=O)CCCCCCCCCCCCCCC)OC(=O)CC/C=C\C/C=C\C/C=C\C/C=C\C/C=C\CCCCC. The fourth-order valence-corrected chi connectivity index (χ4v) is 12.4. The molecule has 5 atom stereocenters. The summed E-state index contributed by atoms with van der Waals surface area (Å²) in [7, 11) is -10.00. The lowest BCUT2D eigenvalue weighted by atomic mass is 10.0. The lowest BCUT2D eigenvalue weighted by Gasteiger charge is -2.21. The molecule has 0 bridgehead atoms. The summed E-state index contributed by atoms with van der Waals surface area (Å²) in [6.07, 6.45) is 88.7. The van der Waals surface area contributed by atoms with Crippen LogP contribution in [-0.4, -0.2) is 96.7 Å². The normalized spacial score (nSPS) is 14.5. The average molecular weight is 1530 g/mol. The van der Waals surface area contributed by atoms with Crippen LogP contribution in [0.5, 0.6) is 0 Å². The number of carbonyl (C=O) groups is 4. The van der Waals surface area contributed by atoms with Gasteiger partial charge in [0.25, 0.3) is 0 Å². The molecule has 17 nitrogen and oxygen atoms in total. The summed E-state index contributed by atoms with van der Waals surface area (Å²) in [5, 5.41) is 10.7. The van der Waals surface area contributed by atoms with E-state index in [0.29, 0.717) is 32.1 Å². The lowest BCUT2D eigenvalue weighted by molar-refractivity contribution is -0.161. The molecule has 0 saturated carbocycles. The van der Waals surface area contributed by atoms with E-state index in [2.05, 4.69) is 143 Å². The van der Waals surface area contributed by atoms with E-state index < -0.39 is 97.5 Å². The van der Waals surface area contributed by atoms with Gasteiger partial charge in [0.15, 0.2) is 12.2 Å². The molecule has 0 aromatic rings. The van der Waals surface area contributed by atoms with Crippen molar-refractivity contribution in [3.8, 4) is 0 Å². The van der Waals surface area contributed by atoms with E-state index in [1.807, 2.05) is 18.2 Å². The van der Waals surface area contributed by atoms with Crippen molar-refractivity contribution in [3.05, 3.63) is 134 Å². The van der Waals surface area contributed by atoms with E-state index in [-0.39, 0.29) is 25.7 Å². The second-order valence-electron chi connectivity index (χ2n) is 27.3. The Bertz CT molecular complexity index is 2530. The Hall–Kier alpha value is -4.80. The van der Waals surface area contributed by atoms with Crippen molar-refractivity contribution in [1.29, 1.82) is 0 Å². The van der Waals surface area contributed by atoms with Gasteiger partial charge in [-0.1, -0.05) is 309 Å². The minimum Gasteiger partial charge on any atom is -0.462 e. The first kappa shape index (κ1) is 101. The molecule has 2 unspecified atom stereocenters. The third-order valence-electron chi connectivity index (χ3n) is 17.1. The molecule has 0 aliphatic rings. The molecule has 608 valence electrons. The van der Waals surface area contributed by atoms with Crippen molar-refractivity contribution in [1.82, 2.24) is 0 Å². The Morgan fingerprint density at radius 1 is 0.274 bits per heavy atom. The number of carbonyl (C=O) groups excluding carboxylic acids is 4. The zero-order chi connectivity index (χ0) is 77.4. The van der Waals surface area contributed by atoms with Crippen LogP contribution >= 0.6 is 15.6 Å². The first-order valence-corrected chi connectivity index (χ1v) is 44.4. The highest BCUT2D eigenvalue weighted by Gasteiger charge is 2.30. The van der Waals surface area contributed by atoms with Crippen molar-refractivity contribution in [2.45, 2.75) is 354 Å². The molecule has 0 aliphatic carbocycles. The number of phosphoric acid groups is 2. The Kier molecular flexibility index (Phi) is 74.8. The van der Waals surface area contributed by atoms with E-state index in [4.69, 9.17) is 37.0 Å². The largest absolute Gasteiger partial charge is 0.472 e. The molecular weight excluding hydrogens is 1380 g/mol. The summed E-state index contributed by atoms with van der Waals surface area (Å²) in [5.74, 6) is -2.31. The molecule has 3 N–H and O–H groups in total. The maximum Gasteiger partial charge on any atom is 0.472 e. The highest BCUT2D eigenvalue weighted by molar-refractivity contribution is 7.47. The van der Waals surface area contributed by atoms with E-state index in [9.17, 15) is 43.2 Å². The number of ether oxygens (including phenoxy) is 4. The molecule has 19 heteroatoms. The van der Waals surface area contributed by atoms with Crippen LogP contribution in [0.15, 0.2) is 134 Å². The first-order valence-electron chi connectivity index (χ1n) is 41.4. The second-order valence-corrected chi connectivity index (χ2v) is 30.2. The predicted molar refractivity (Wildman–Crippen MR) is 436 cm³/mol. The van der Waals surface area contributed by atoms with E-state index in [0.717, 1.165) is 141 Å². The van der Waals surface area contributed by atoms with Crippen LogP contribution in [-0.2, 0) is 65.4 Å². The number of esters is 4. The number of phosphoric ester groups is 2. The highest BCUT2D eigenvalue weighted by atomic mass is 31.2. The van der Waals surface area contributed by atoms with Gasteiger partial charge < -0.3 is 33.8 Å². The van der Waals surface area contributed by atoms with Crippen molar-refractivity contribution < 1.29 is 80.2 Å². The number of allylic oxidation sites excluding steroid dienone is 22. The molecule has 0 amide bonds. The molecule has 0 saturated heterocycles. The van der Waals surface area contributed by atoms with Crippen molar-refractivity contribution >= 4 is 39.5 Å². The van der Waals surface area contributed by atoms with Gasteiger partial charge in [-0.2, -0.15) is 0 Å². The molecule has 0 fully saturated rings. The minimum absolute atomic E-state index is 0.0393. The Morgan fingerprint density at radius 2 is 0.509 bits per heavy atom. The molecule has 106 heavy (non-hydrogen) atoms.